The number of halogens is 1. The summed E-state index contributed by atoms with van der Waals surface area (Å²) >= 11 is 0. The molecule has 0 radical (unpaired) electrons. The summed E-state index contributed by atoms with van der Waals surface area (Å²) in [6.07, 6.45) is 1.51. The lowest BCUT2D eigenvalue weighted by molar-refractivity contribution is -0.144. The lowest BCUT2D eigenvalue weighted by Gasteiger charge is -2.22. The molecule has 0 spiro atoms. The van der Waals surface area contributed by atoms with Gasteiger partial charge < -0.3 is 4.74 Å². The van der Waals surface area contributed by atoms with Gasteiger partial charge in [-0.15, -0.1) is 6.58 Å². The Balaban J connectivity index is 4.14. The van der Waals surface area contributed by atoms with Crippen molar-refractivity contribution in [2.24, 2.45) is 5.92 Å². The largest absolute Gasteiger partial charge is 0.466 e. The summed E-state index contributed by atoms with van der Waals surface area (Å²) in [5.74, 6) is -0.857. The van der Waals surface area contributed by atoms with E-state index >= 15 is 0 Å². The molecule has 0 fully saturated rings. The van der Waals surface area contributed by atoms with Crippen LogP contribution in [0.1, 0.15) is 27.2 Å². The fourth-order valence-corrected chi connectivity index (χ4v) is 1.01. The number of hydrogen-bond donors (Lipinski definition) is 0. The minimum absolute atomic E-state index is 0.0564. The number of allylic oxidation sites excluding steroid dienone is 1. The van der Waals surface area contributed by atoms with Gasteiger partial charge in [-0.2, -0.15) is 0 Å². The Labute approximate surface area is 78.8 Å². The molecule has 0 bridgehead atoms. The molecule has 0 aliphatic rings. The van der Waals surface area contributed by atoms with E-state index < -0.39 is 11.6 Å². The van der Waals surface area contributed by atoms with Crippen molar-refractivity contribution in [3.05, 3.63) is 12.7 Å². The molecule has 3 heteroatoms. The summed E-state index contributed by atoms with van der Waals surface area (Å²) in [4.78, 5) is 11.0. The third kappa shape index (κ3) is 4.65. The summed E-state index contributed by atoms with van der Waals surface area (Å²) in [5.41, 5.74) is -1.42. The zero-order valence-electron chi connectivity index (χ0n) is 8.47. The Kier molecular flexibility index (Phi) is 4.67. The van der Waals surface area contributed by atoms with Crippen LogP contribution in [0.15, 0.2) is 12.7 Å². The first-order valence-electron chi connectivity index (χ1n) is 4.39. The fourth-order valence-electron chi connectivity index (χ4n) is 1.01. The van der Waals surface area contributed by atoms with Crippen LogP contribution in [0.3, 0.4) is 0 Å². The van der Waals surface area contributed by atoms with Gasteiger partial charge in [-0.05, 0) is 20.8 Å². The van der Waals surface area contributed by atoms with Gasteiger partial charge in [0.1, 0.15) is 5.67 Å². The third-order valence-electron chi connectivity index (χ3n) is 1.86. The molecule has 76 valence electrons. The number of carbonyl (C=O) groups excluding carboxylic acids is 1. The Hall–Kier alpha value is -0.860. The van der Waals surface area contributed by atoms with Crippen LogP contribution < -0.4 is 0 Å². The smallest absolute Gasteiger partial charge is 0.306 e. The van der Waals surface area contributed by atoms with Crippen molar-refractivity contribution in [1.29, 1.82) is 0 Å². The molecule has 0 aromatic carbocycles. The van der Waals surface area contributed by atoms with Crippen LogP contribution in [-0.2, 0) is 9.53 Å². The van der Waals surface area contributed by atoms with E-state index in [0.29, 0.717) is 6.61 Å². The second-order valence-electron chi connectivity index (χ2n) is 3.42. The lowest BCUT2D eigenvalue weighted by Crippen LogP contribution is -2.27. The van der Waals surface area contributed by atoms with Crippen molar-refractivity contribution in [3.63, 3.8) is 0 Å². The average molecular weight is 188 g/mol. The quantitative estimate of drug-likeness (QED) is 0.489. The van der Waals surface area contributed by atoms with Gasteiger partial charge in [-0.3, -0.25) is 4.79 Å². The molecular formula is C10H17FO2. The van der Waals surface area contributed by atoms with Crippen molar-refractivity contribution in [2.75, 3.05) is 6.61 Å². The van der Waals surface area contributed by atoms with Gasteiger partial charge in [-0.25, -0.2) is 4.39 Å². The Bertz CT molecular complexity index is 182. The molecule has 0 aliphatic heterocycles. The molecule has 0 aromatic heterocycles. The van der Waals surface area contributed by atoms with Gasteiger partial charge in [-0.1, -0.05) is 6.08 Å². The second kappa shape index (κ2) is 5.00. The summed E-state index contributed by atoms with van der Waals surface area (Å²) in [6.45, 7) is 8.40. The molecule has 0 amide bonds. The van der Waals surface area contributed by atoms with Gasteiger partial charge in [0, 0.05) is 5.92 Å². The Morgan fingerprint density at radius 2 is 2.23 bits per heavy atom. The summed E-state index contributed by atoms with van der Waals surface area (Å²) < 4.78 is 18.1. The number of hydrogen-bond acceptors (Lipinski definition) is 2. The minimum Gasteiger partial charge on any atom is -0.466 e. The predicted octanol–water partition coefficient (Wildman–Crippen LogP) is 2.49. The number of esters is 1. The highest BCUT2D eigenvalue weighted by molar-refractivity contribution is 5.70. The van der Waals surface area contributed by atoms with E-state index in [4.69, 9.17) is 4.74 Å². The van der Waals surface area contributed by atoms with Crippen LogP contribution in [0.2, 0.25) is 0 Å². The fraction of sp³-hybridized carbons (Fsp3) is 0.700. The van der Waals surface area contributed by atoms with Crippen LogP contribution in [0.4, 0.5) is 4.39 Å². The second-order valence-corrected chi connectivity index (χ2v) is 3.42. The lowest BCUT2D eigenvalue weighted by atomic mass is 9.90. The van der Waals surface area contributed by atoms with Gasteiger partial charge in [0.15, 0.2) is 0 Å². The molecule has 0 heterocycles. The number of rotatable bonds is 5. The monoisotopic (exact) mass is 188 g/mol. The average Bonchev–Trinajstić information content (AvgIpc) is 1.98. The standard InChI is InChI=1S/C10H17FO2/c1-5-8(10(3,4)11)7-9(12)13-6-2/h5,8H,1,6-7H2,2-4H3. The number of alkyl halides is 1. The van der Waals surface area contributed by atoms with E-state index in [1.807, 2.05) is 0 Å². The van der Waals surface area contributed by atoms with Gasteiger partial charge >= 0.3 is 5.97 Å². The molecule has 0 aliphatic carbocycles. The molecule has 0 saturated heterocycles. The van der Waals surface area contributed by atoms with E-state index in [9.17, 15) is 9.18 Å². The molecule has 1 atom stereocenters. The summed E-state index contributed by atoms with van der Waals surface area (Å²) in [6, 6.07) is 0. The van der Waals surface area contributed by atoms with E-state index in [1.165, 1.54) is 19.9 Å². The van der Waals surface area contributed by atoms with Crippen LogP contribution in [-0.4, -0.2) is 18.2 Å². The Morgan fingerprint density at radius 1 is 1.69 bits per heavy atom. The zero-order valence-corrected chi connectivity index (χ0v) is 8.47. The molecular weight excluding hydrogens is 171 g/mol. The highest BCUT2D eigenvalue weighted by Crippen LogP contribution is 2.25. The van der Waals surface area contributed by atoms with Gasteiger partial charge in [0.2, 0.25) is 0 Å². The highest BCUT2D eigenvalue weighted by Gasteiger charge is 2.28. The maximum Gasteiger partial charge on any atom is 0.306 e. The maximum atomic E-state index is 13.4. The normalized spacial score (nSPS) is 13.5. The molecule has 1 unspecified atom stereocenters. The van der Waals surface area contributed by atoms with Crippen molar-refractivity contribution in [1.82, 2.24) is 0 Å². The summed E-state index contributed by atoms with van der Waals surface area (Å²) in [5, 5.41) is 0. The molecule has 2 nitrogen and oxygen atoms in total. The maximum absolute atomic E-state index is 13.4. The van der Waals surface area contributed by atoms with E-state index in [0.717, 1.165) is 0 Å². The number of carbonyl (C=O) groups is 1. The SMILES string of the molecule is C=CC(CC(=O)OCC)C(C)(C)F. The minimum atomic E-state index is -1.42. The molecule has 0 rings (SSSR count). The van der Waals surface area contributed by atoms with Crippen molar-refractivity contribution >= 4 is 5.97 Å². The van der Waals surface area contributed by atoms with Gasteiger partial charge in [0.25, 0.3) is 0 Å². The first-order chi connectivity index (χ1) is 5.91. The number of ether oxygens (including phenoxy) is 1. The van der Waals surface area contributed by atoms with E-state index in [1.54, 1.807) is 6.92 Å². The topological polar surface area (TPSA) is 26.3 Å². The van der Waals surface area contributed by atoms with E-state index in [-0.39, 0.29) is 12.4 Å². The first-order valence-corrected chi connectivity index (χ1v) is 4.39. The highest BCUT2D eigenvalue weighted by atomic mass is 19.1. The van der Waals surface area contributed by atoms with Crippen molar-refractivity contribution < 1.29 is 13.9 Å². The molecule has 0 saturated carbocycles. The van der Waals surface area contributed by atoms with Gasteiger partial charge in [0.05, 0.1) is 13.0 Å². The predicted molar refractivity (Wildman–Crippen MR) is 50.1 cm³/mol. The molecule has 0 N–H and O–H groups in total. The van der Waals surface area contributed by atoms with E-state index in [2.05, 4.69) is 6.58 Å². The van der Waals surface area contributed by atoms with Crippen molar-refractivity contribution in [2.45, 2.75) is 32.9 Å². The first kappa shape index (κ1) is 12.1. The van der Waals surface area contributed by atoms with Crippen LogP contribution in [0, 0.1) is 5.92 Å². The zero-order chi connectivity index (χ0) is 10.5. The summed E-state index contributed by atoms with van der Waals surface area (Å²) in [7, 11) is 0. The van der Waals surface area contributed by atoms with Crippen LogP contribution in [0.5, 0.6) is 0 Å². The van der Waals surface area contributed by atoms with Crippen LogP contribution in [0.25, 0.3) is 0 Å². The van der Waals surface area contributed by atoms with Crippen LogP contribution >= 0.6 is 0 Å². The third-order valence-corrected chi connectivity index (χ3v) is 1.86. The molecule has 13 heavy (non-hydrogen) atoms. The Morgan fingerprint density at radius 3 is 2.54 bits per heavy atom. The molecule has 0 aromatic rings. The van der Waals surface area contributed by atoms with Crippen molar-refractivity contribution in [3.8, 4) is 0 Å².